The molecule has 0 bridgehead atoms. The molecule has 1 unspecified atom stereocenters. The SMILES string of the molecule is O=C(Cc1ccc(F)cc1Cl)N1CCC2(CC1)CC2C(=O)N1CCN(c2ccccn2)CC1. The molecular formula is C25H28ClFN4O2. The predicted octanol–water partition coefficient (Wildman–Crippen LogP) is 3.39. The lowest BCUT2D eigenvalue weighted by Crippen LogP contribution is -2.50. The average Bonchev–Trinajstić information content (AvgIpc) is 3.54. The monoisotopic (exact) mass is 470 g/mol. The lowest BCUT2D eigenvalue weighted by Gasteiger charge is -2.37. The number of carbonyl (C=O) groups is 2. The molecule has 2 aliphatic heterocycles. The van der Waals surface area contributed by atoms with Gasteiger partial charge in [0.15, 0.2) is 0 Å². The van der Waals surface area contributed by atoms with E-state index in [0.717, 1.165) is 51.3 Å². The number of rotatable bonds is 4. The first kappa shape index (κ1) is 22.1. The average molecular weight is 471 g/mol. The summed E-state index contributed by atoms with van der Waals surface area (Å²) in [5, 5.41) is 0.285. The first-order valence-corrected chi connectivity index (χ1v) is 12.0. The van der Waals surface area contributed by atoms with Crippen molar-refractivity contribution in [3.05, 3.63) is 59.0 Å². The Morgan fingerprint density at radius 3 is 2.45 bits per heavy atom. The van der Waals surface area contributed by atoms with E-state index < -0.39 is 5.82 Å². The van der Waals surface area contributed by atoms with E-state index in [9.17, 15) is 14.0 Å². The van der Waals surface area contributed by atoms with Gasteiger partial charge in [0, 0.05) is 56.4 Å². The zero-order chi connectivity index (χ0) is 23.0. The topological polar surface area (TPSA) is 56.8 Å². The highest BCUT2D eigenvalue weighted by atomic mass is 35.5. The van der Waals surface area contributed by atoms with Crippen molar-refractivity contribution in [2.75, 3.05) is 44.2 Å². The van der Waals surface area contributed by atoms with E-state index in [2.05, 4.69) is 9.88 Å². The van der Waals surface area contributed by atoms with E-state index in [1.165, 1.54) is 12.1 Å². The van der Waals surface area contributed by atoms with Crippen molar-refractivity contribution >= 4 is 29.2 Å². The van der Waals surface area contributed by atoms with Gasteiger partial charge in [0.2, 0.25) is 11.8 Å². The Morgan fingerprint density at radius 1 is 1.03 bits per heavy atom. The minimum absolute atomic E-state index is 0.00697. The highest BCUT2D eigenvalue weighted by Crippen LogP contribution is 2.60. The molecule has 8 heteroatoms. The lowest BCUT2D eigenvalue weighted by molar-refractivity contribution is -0.134. The molecule has 1 saturated carbocycles. The molecule has 174 valence electrons. The molecule has 2 saturated heterocycles. The quantitative estimate of drug-likeness (QED) is 0.687. The number of hydrogen-bond acceptors (Lipinski definition) is 4. The second-order valence-electron chi connectivity index (χ2n) is 9.41. The zero-order valence-corrected chi connectivity index (χ0v) is 19.3. The Balaban J connectivity index is 1.11. The number of amides is 2. The van der Waals surface area contributed by atoms with Gasteiger partial charge in [0.1, 0.15) is 11.6 Å². The summed E-state index contributed by atoms with van der Waals surface area (Å²) < 4.78 is 13.2. The van der Waals surface area contributed by atoms with E-state index in [1.807, 2.05) is 28.0 Å². The fourth-order valence-electron chi connectivity index (χ4n) is 5.31. The maximum Gasteiger partial charge on any atom is 0.227 e. The van der Waals surface area contributed by atoms with Crippen molar-refractivity contribution in [3.8, 4) is 0 Å². The smallest absolute Gasteiger partial charge is 0.227 e. The van der Waals surface area contributed by atoms with Gasteiger partial charge in [-0.3, -0.25) is 9.59 Å². The third-order valence-corrected chi connectivity index (χ3v) is 7.87. The van der Waals surface area contributed by atoms with E-state index >= 15 is 0 Å². The third-order valence-electron chi connectivity index (χ3n) is 7.52. The van der Waals surface area contributed by atoms with Gasteiger partial charge >= 0.3 is 0 Å². The van der Waals surface area contributed by atoms with Gasteiger partial charge in [-0.05, 0) is 54.5 Å². The number of piperidine rings is 1. The van der Waals surface area contributed by atoms with Crippen LogP contribution in [-0.2, 0) is 16.0 Å². The Hall–Kier alpha value is -2.67. The maximum absolute atomic E-state index is 13.2. The van der Waals surface area contributed by atoms with Crippen LogP contribution in [0.3, 0.4) is 0 Å². The number of aromatic nitrogens is 1. The van der Waals surface area contributed by atoms with Gasteiger partial charge in [-0.15, -0.1) is 0 Å². The number of benzene rings is 1. The first-order valence-electron chi connectivity index (χ1n) is 11.6. The largest absolute Gasteiger partial charge is 0.353 e. The van der Waals surface area contributed by atoms with Crippen molar-refractivity contribution < 1.29 is 14.0 Å². The summed E-state index contributed by atoms with van der Waals surface area (Å²) in [6.45, 7) is 4.38. The minimum atomic E-state index is -0.404. The predicted molar refractivity (Wildman–Crippen MR) is 124 cm³/mol. The van der Waals surface area contributed by atoms with Gasteiger partial charge < -0.3 is 14.7 Å². The normalized spacial score (nSPS) is 21.9. The van der Waals surface area contributed by atoms with E-state index in [1.54, 1.807) is 12.3 Å². The first-order chi connectivity index (χ1) is 15.9. The van der Waals surface area contributed by atoms with Crippen LogP contribution in [0, 0.1) is 17.2 Å². The van der Waals surface area contributed by atoms with Gasteiger partial charge in [-0.2, -0.15) is 0 Å². The molecule has 1 aromatic heterocycles. The number of halogens is 2. The molecule has 1 aromatic carbocycles. The molecule has 3 aliphatic rings. The Labute approximate surface area is 198 Å². The molecule has 2 aromatic rings. The third kappa shape index (κ3) is 4.56. The lowest BCUT2D eigenvalue weighted by atomic mass is 9.90. The molecule has 6 nitrogen and oxygen atoms in total. The number of pyridine rings is 1. The van der Waals surface area contributed by atoms with Crippen LogP contribution in [0.15, 0.2) is 42.6 Å². The van der Waals surface area contributed by atoms with Crippen LogP contribution in [0.2, 0.25) is 5.02 Å². The summed E-state index contributed by atoms with van der Waals surface area (Å²) in [5.41, 5.74) is 0.701. The summed E-state index contributed by atoms with van der Waals surface area (Å²) >= 11 is 6.08. The molecule has 5 rings (SSSR count). The number of nitrogens with zero attached hydrogens (tertiary/aromatic N) is 4. The fraction of sp³-hybridized carbons (Fsp3) is 0.480. The summed E-state index contributed by atoms with van der Waals surface area (Å²) in [6, 6.07) is 10.0. The molecule has 33 heavy (non-hydrogen) atoms. The molecule has 0 N–H and O–H groups in total. The summed E-state index contributed by atoms with van der Waals surface area (Å²) in [7, 11) is 0. The maximum atomic E-state index is 13.2. The number of hydrogen-bond donors (Lipinski definition) is 0. The Morgan fingerprint density at radius 2 is 1.79 bits per heavy atom. The van der Waals surface area contributed by atoms with E-state index in [-0.39, 0.29) is 34.6 Å². The van der Waals surface area contributed by atoms with Gasteiger partial charge in [0.25, 0.3) is 0 Å². The number of likely N-dealkylation sites (tertiary alicyclic amines) is 1. The number of carbonyl (C=O) groups excluding carboxylic acids is 2. The van der Waals surface area contributed by atoms with Crippen LogP contribution < -0.4 is 4.90 Å². The number of anilines is 1. The fourth-order valence-corrected chi connectivity index (χ4v) is 5.54. The molecule has 1 atom stereocenters. The standard InChI is InChI=1S/C25H28ClFN4O2/c26-21-16-19(27)5-4-18(21)15-23(32)30-9-6-25(7-10-30)17-20(25)24(33)31-13-11-29(12-14-31)22-3-1-2-8-28-22/h1-5,8,16,20H,6-7,9-15,17H2. The molecule has 2 amide bonds. The minimum Gasteiger partial charge on any atom is -0.353 e. The molecule has 1 spiro atoms. The molecular weight excluding hydrogens is 443 g/mol. The second kappa shape index (κ2) is 8.93. The van der Waals surface area contributed by atoms with Crippen molar-refractivity contribution in [3.63, 3.8) is 0 Å². The Bertz CT molecular complexity index is 1030. The second-order valence-corrected chi connectivity index (χ2v) is 9.82. The van der Waals surface area contributed by atoms with Gasteiger partial charge in [0.05, 0.1) is 6.42 Å². The highest BCUT2D eigenvalue weighted by Gasteiger charge is 2.59. The molecule has 0 radical (unpaired) electrons. The summed E-state index contributed by atoms with van der Waals surface area (Å²) in [5.74, 6) is 0.925. The summed E-state index contributed by atoms with van der Waals surface area (Å²) in [4.78, 5) is 36.4. The van der Waals surface area contributed by atoms with E-state index in [0.29, 0.717) is 18.7 Å². The van der Waals surface area contributed by atoms with Crippen LogP contribution in [0.5, 0.6) is 0 Å². The van der Waals surface area contributed by atoms with Gasteiger partial charge in [-0.25, -0.2) is 9.37 Å². The summed E-state index contributed by atoms with van der Waals surface area (Å²) in [6.07, 6.45) is 4.62. The van der Waals surface area contributed by atoms with Crippen molar-refractivity contribution in [1.82, 2.24) is 14.8 Å². The van der Waals surface area contributed by atoms with Crippen LogP contribution in [0.4, 0.5) is 10.2 Å². The number of piperazine rings is 1. The van der Waals surface area contributed by atoms with Crippen molar-refractivity contribution in [1.29, 1.82) is 0 Å². The van der Waals surface area contributed by atoms with Crippen molar-refractivity contribution in [2.24, 2.45) is 11.3 Å². The highest BCUT2D eigenvalue weighted by molar-refractivity contribution is 6.31. The van der Waals surface area contributed by atoms with Crippen LogP contribution >= 0.6 is 11.6 Å². The van der Waals surface area contributed by atoms with Crippen molar-refractivity contribution in [2.45, 2.75) is 25.7 Å². The molecule has 3 fully saturated rings. The van der Waals surface area contributed by atoms with Crippen LogP contribution in [-0.4, -0.2) is 65.9 Å². The van der Waals surface area contributed by atoms with Crippen LogP contribution in [0.1, 0.15) is 24.8 Å². The zero-order valence-electron chi connectivity index (χ0n) is 18.6. The molecule has 3 heterocycles. The van der Waals surface area contributed by atoms with Gasteiger partial charge in [-0.1, -0.05) is 23.7 Å². The van der Waals surface area contributed by atoms with Crippen LogP contribution in [0.25, 0.3) is 0 Å². The Kier molecular flexibility index (Phi) is 5.99. The molecule has 1 aliphatic carbocycles. The van der Waals surface area contributed by atoms with E-state index in [4.69, 9.17) is 11.6 Å².